The van der Waals surface area contributed by atoms with Crippen LogP contribution in [-0.4, -0.2) is 39.5 Å². The number of aliphatic imine (C=N–C) groups is 1. The monoisotopic (exact) mass is 377 g/mol. The average molecular weight is 377 g/mol. The summed E-state index contributed by atoms with van der Waals surface area (Å²) in [6, 6.07) is 0. The number of guanidine groups is 1. The fourth-order valence-electron chi connectivity index (χ4n) is 1.07. The van der Waals surface area contributed by atoms with Crippen LogP contribution in [0.15, 0.2) is 4.99 Å². The van der Waals surface area contributed by atoms with Gasteiger partial charge in [-0.25, -0.2) is 8.42 Å². The van der Waals surface area contributed by atoms with Gasteiger partial charge in [-0.1, -0.05) is 13.8 Å². The quantitative estimate of drug-likeness (QED) is 0.300. The zero-order chi connectivity index (χ0) is 12.6. The van der Waals surface area contributed by atoms with Gasteiger partial charge in [-0.05, 0) is 18.8 Å². The predicted octanol–water partition coefficient (Wildman–Crippen LogP) is 0.990. The van der Waals surface area contributed by atoms with Crippen molar-refractivity contribution in [3.05, 3.63) is 0 Å². The van der Waals surface area contributed by atoms with Gasteiger partial charge in [0.1, 0.15) is 9.84 Å². The molecular weight excluding hydrogens is 353 g/mol. The van der Waals surface area contributed by atoms with Crippen molar-refractivity contribution >= 4 is 39.8 Å². The number of nitrogens with two attached hydrogens (primary N) is 1. The third-order valence-corrected chi connectivity index (χ3v) is 3.01. The van der Waals surface area contributed by atoms with E-state index in [2.05, 4.69) is 24.2 Å². The van der Waals surface area contributed by atoms with Gasteiger partial charge in [0, 0.05) is 19.3 Å². The highest BCUT2D eigenvalue weighted by molar-refractivity contribution is 14.0. The SMILES string of the molecule is CC(C)CCNC(N)=NCCCS(C)(=O)=O.I. The molecule has 17 heavy (non-hydrogen) atoms. The summed E-state index contributed by atoms with van der Waals surface area (Å²) in [6.07, 6.45) is 2.78. The molecule has 0 atom stereocenters. The molecule has 3 N–H and O–H groups in total. The molecule has 0 heterocycles. The molecule has 7 heteroatoms. The Hall–Kier alpha value is -0.0500. The second-order valence-corrected chi connectivity index (χ2v) is 6.62. The van der Waals surface area contributed by atoms with Crippen LogP contribution in [0.25, 0.3) is 0 Å². The summed E-state index contributed by atoms with van der Waals surface area (Å²) in [4.78, 5) is 4.04. The third kappa shape index (κ3) is 15.9. The van der Waals surface area contributed by atoms with Crippen molar-refractivity contribution in [2.45, 2.75) is 26.7 Å². The lowest BCUT2D eigenvalue weighted by Crippen LogP contribution is -2.33. The highest BCUT2D eigenvalue weighted by Crippen LogP contribution is 1.95. The Kier molecular flexibility index (Phi) is 11.3. The summed E-state index contributed by atoms with van der Waals surface area (Å²) in [5.41, 5.74) is 5.60. The van der Waals surface area contributed by atoms with Crippen LogP contribution in [0, 0.1) is 5.92 Å². The Balaban J connectivity index is 0. The summed E-state index contributed by atoms with van der Waals surface area (Å²) < 4.78 is 21.7. The molecule has 0 fully saturated rings. The van der Waals surface area contributed by atoms with E-state index in [9.17, 15) is 8.42 Å². The molecule has 0 saturated carbocycles. The van der Waals surface area contributed by atoms with Gasteiger partial charge in [0.05, 0.1) is 5.75 Å². The molecule has 104 valence electrons. The van der Waals surface area contributed by atoms with E-state index < -0.39 is 9.84 Å². The van der Waals surface area contributed by atoms with E-state index in [1.807, 2.05) is 0 Å². The molecular formula is C10H24IN3O2S. The fraction of sp³-hybridized carbons (Fsp3) is 0.900. The lowest BCUT2D eigenvalue weighted by atomic mass is 10.1. The minimum absolute atomic E-state index is 0. The molecule has 0 saturated heterocycles. The standard InChI is InChI=1S/C10H23N3O2S.HI/c1-9(2)5-7-13-10(11)12-6-4-8-16(3,14)15;/h9H,4-8H2,1-3H3,(H3,11,12,13);1H. The van der Waals surface area contributed by atoms with Crippen molar-refractivity contribution in [3.63, 3.8) is 0 Å². The van der Waals surface area contributed by atoms with Crippen LogP contribution in [0.1, 0.15) is 26.7 Å². The first kappa shape index (κ1) is 19.3. The normalized spacial score (nSPS) is 12.4. The molecule has 0 spiro atoms. The van der Waals surface area contributed by atoms with E-state index in [0.29, 0.717) is 24.8 Å². The minimum atomic E-state index is -2.88. The van der Waals surface area contributed by atoms with Crippen molar-refractivity contribution < 1.29 is 8.42 Å². The average Bonchev–Trinajstić information content (AvgIpc) is 2.10. The smallest absolute Gasteiger partial charge is 0.188 e. The molecule has 0 radical (unpaired) electrons. The van der Waals surface area contributed by atoms with Gasteiger partial charge in [-0.3, -0.25) is 4.99 Å². The molecule has 0 amide bonds. The molecule has 5 nitrogen and oxygen atoms in total. The fourth-order valence-corrected chi connectivity index (χ4v) is 1.72. The first-order chi connectivity index (χ1) is 7.31. The van der Waals surface area contributed by atoms with Gasteiger partial charge in [0.25, 0.3) is 0 Å². The van der Waals surface area contributed by atoms with Gasteiger partial charge in [0.2, 0.25) is 0 Å². The highest BCUT2D eigenvalue weighted by Gasteiger charge is 2.00. The molecule has 0 aromatic heterocycles. The molecule has 0 aliphatic rings. The Morgan fingerprint density at radius 2 is 2.00 bits per heavy atom. The molecule has 0 unspecified atom stereocenters. The zero-order valence-electron chi connectivity index (χ0n) is 10.8. The minimum Gasteiger partial charge on any atom is -0.370 e. The molecule has 0 aliphatic carbocycles. The summed E-state index contributed by atoms with van der Waals surface area (Å²) in [5.74, 6) is 1.19. The van der Waals surface area contributed by atoms with Crippen LogP contribution in [0.3, 0.4) is 0 Å². The number of rotatable bonds is 7. The Morgan fingerprint density at radius 1 is 1.41 bits per heavy atom. The largest absolute Gasteiger partial charge is 0.370 e. The van der Waals surface area contributed by atoms with E-state index in [0.717, 1.165) is 13.0 Å². The van der Waals surface area contributed by atoms with Crippen LogP contribution in [0.5, 0.6) is 0 Å². The van der Waals surface area contributed by atoms with Crippen molar-refractivity contribution in [2.24, 2.45) is 16.6 Å². The third-order valence-electron chi connectivity index (χ3n) is 1.98. The van der Waals surface area contributed by atoms with Crippen LogP contribution in [0.2, 0.25) is 0 Å². The highest BCUT2D eigenvalue weighted by atomic mass is 127. The van der Waals surface area contributed by atoms with E-state index in [-0.39, 0.29) is 29.7 Å². The molecule has 0 rings (SSSR count). The van der Waals surface area contributed by atoms with Crippen LogP contribution >= 0.6 is 24.0 Å². The topological polar surface area (TPSA) is 84.5 Å². The van der Waals surface area contributed by atoms with Crippen molar-refractivity contribution in [2.75, 3.05) is 25.1 Å². The maximum absolute atomic E-state index is 10.8. The number of halogens is 1. The van der Waals surface area contributed by atoms with E-state index in [4.69, 9.17) is 5.73 Å². The predicted molar refractivity (Wildman–Crippen MR) is 83.7 cm³/mol. The number of nitrogens with one attached hydrogen (secondary N) is 1. The molecule has 0 aromatic carbocycles. The number of sulfone groups is 1. The summed E-state index contributed by atoms with van der Waals surface area (Å²) in [7, 11) is -2.88. The number of nitrogens with zero attached hydrogens (tertiary/aromatic N) is 1. The Morgan fingerprint density at radius 3 is 2.47 bits per heavy atom. The van der Waals surface area contributed by atoms with Crippen molar-refractivity contribution in [1.29, 1.82) is 0 Å². The van der Waals surface area contributed by atoms with Gasteiger partial charge in [-0.2, -0.15) is 0 Å². The van der Waals surface area contributed by atoms with E-state index >= 15 is 0 Å². The van der Waals surface area contributed by atoms with Crippen LogP contribution in [-0.2, 0) is 9.84 Å². The van der Waals surface area contributed by atoms with Gasteiger partial charge < -0.3 is 11.1 Å². The maximum atomic E-state index is 10.8. The lowest BCUT2D eigenvalue weighted by molar-refractivity contribution is 0.576. The van der Waals surface area contributed by atoms with Crippen molar-refractivity contribution in [1.82, 2.24) is 5.32 Å². The molecule has 0 aliphatic heterocycles. The number of hydrogen-bond acceptors (Lipinski definition) is 3. The maximum Gasteiger partial charge on any atom is 0.188 e. The second kappa shape index (κ2) is 9.93. The van der Waals surface area contributed by atoms with Gasteiger partial charge >= 0.3 is 0 Å². The van der Waals surface area contributed by atoms with Crippen LogP contribution < -0.4 is 11.1 Å². The first-order valence-electron chi connectivity index (χ1n) is 5.53. The van der Waals surface area contributed by atoms with E-state index in [1.165, 1.54) is 6.26 Å². The summed E-state index contributed by atoms with van der Waals surface area (Å²) in [5, 5.41) is 2.99. The summed E-state index contributed by atoms with van der Waals surface area (Å²) in [6.45, 7) is 5.54. The van der Waals surface area contributed by atoms with E-state index in [1.54, 1.807) is 0 Å². The molecule has 0 aromatic rings. The van der Waals surface area contributed by atoms with Crippen molar-refractivity contribution in [3.8, 4) is 0 Å². The number of hydrogen-bond donors (Lipinski definition) is 2. The zero-order valence-corrected chi connectivity index (χ0v) is 13.9. The Bertz CT molecular complexity index is 316. The first-order valence-corrected chi connectivity index (χ1v) is 7.59. The van der Waals surface area contributed by atoms with Gasteiger partial charge in [-0.15, -0.1) is 24.0 Å². The van der Waals surface area contributed by atoms with Gasteiger partial charge in [0.15, 0.2) is 5.96 Å². The lowest BCUT2D eigenvalue weighted by Gasteiger charge is -2.07. The Labute approximate surface area is 122 Å². The molecule has 0 bridgehead atoms. The second-order valence-electron chi connectivity index (χ2n) is 4.36. The van der Waals surface area contributed by atoms with Crippen LogP contribution in [0.4, 0.5) is 0 Å². The summed E-state index contributed by atoms with van der Waals surface area (Å²) >= 11 is 0.